The molecule has 1 aromatic carbocycles. The van der Waals surface area contributed by atoms with Gasteiger partial charge in [-0.3, -0.25) is 0 Å². The molecule has 1 rings (SSSR count). The van der Waals surface area contributed by atoms with E-state index in [9.17, 15) is 47.9 Å². The second-order valence-corrected chi connectivity index (χ2v) is 6.71. The molecule has 0 aromatic heterocycles. The number of alkyl halides is 9. The molecule has 0 fully saturated rings. The van der Waals surface area contributed by atoms with Gasteiger partial charge in [0.25, 0.3) is 0 Å². The molecule has 1 aromatic rings. The van der Waals surface area contributed by atoms with Gasteiger partial charge in [0, 0.05) is 0 Å². The van der Waals surface area contributed by atoms with Crippen LogP contribution in [0, 0.1) is 5.92 Å². The maximum atomic E-state index is 12.6. The topological polar surface area (TPSA) is 66.4 Å². The van der Waals surface area contributed by atoms with E-state index in [1.807, 2.05) is 0 Å². The van der Waals surface area contributed by atoms with Gasteiger partial charge < -0.3 is 5.11 Å². The van der Waals surface area contributed by atoms with Crippen LogP contribution in [-0.4, -0.2) is 38.5 Å². The van der Waals surface area contributed by atoms with Gasteiger partial charge >= 0.3 is 18.5 Å². The zero-order valence-corrected chi connectivity index (χ0v) is 13.1. The SMILES string of the molecule is O=S(=O)(NC(CO)C(C(F)(F)F)C(F)(F)F)c1cccc(C(F)(F)F)c1. The Morgan fingerprint density at radius 1 is 0.962 bits per heavy atom. The number of hydrogen-bond donors (Lipinski definition) is 2. The van der Waals surface area contributed by atoms with Gasteiger partial charge in [0.1, 0.15) is 0 Å². The van der Waals surface area contributed by atoms with E-state index in [1.54, 1.807) is 0 Å². The van der Waals surface area contributed by atoms with Gasteiger partial charge in [-0.05, 0) is 18.2 Å². The summed E-state index contributed by atoms with van der Waals surface area (Å²) in [6, 6.07) is -1.45. The number of sulfonamides is 1. The van der Waals surface area contributed by atoms with E-state index in [0.717, 1.165) is 4.72 Å². The predicted molar refractivity (Wildman–Crippen MR) is 68.2 cm³/mol. The third kappa shape index (κ3) is 5.48. The molecule has 0 aliphatic rings. The molecular weight excluding hydrogens is 409 g/mol. The van der Waals surface area contributed by atoms with Crippen LogP contribution in [0.2, 0.25) is 0 Å². The Morgan fingerprint density at radius 3 is 1.85 bits per heavy atom. The summed E-state index contributed by atoms with van der Waals surface area (Å²) in [5, 5.41) is 8.81. The van der Waals surface area contributed by atoms with Crippen molar-refractivity contribution in [1.29, 1.82) is 0 Å². The molecule has 0 saturated heterocycles. The van der Waals surface area contributed by atoms with E-state index in [0.29, 0.717) is 18.2 Å². The van der Waals surface area contributed by atoms with Crippen molar-refractivity contribution in [3.8, 4) is 0 Å². The number of aliphatic hydroxyl groups is 1. The molecule has 150 valence electrons. The van der Waals surface area contributed by atoms with Crippen LogP contribution in [-0.2, 0) is 16.2 Å². The largest absolute Gasteiger partial charge is 0.416 e. The van der Waals surface area contributed by atoms with Crippen LogP contribution in [0.5, 0.6) is 0 Å². The standard InChI is InChI=1S/C12H10F9NO3S/c13-10(14,15)6-2-1-3-7(4-6)26(24,25)22-8(5-23)9(11(16,17)18)12(19,20)21/h1-4,8-9,22-23H,5H2. The molecule has 26 heavy (non-hydrogen) atoms. The lowest BCUT2D eigenvalue weighted by molar-refractivity contribution is -0.292. The van der Waals surface area contributed by atoms with E-state index in [-0.39, 0.29) is 6.07 Å². The normalized spacial score (nSPS) is 15.3. The molecule has 2 N–H and O–H groups in total. The fraction of sp³-hybridized carbons (Fsp3) is 0.500. The lowest BCUT2D eigenvalue weighted by Gasteiger charge is -2.29. The third-order valence-electron chi connectivity index (χ3n) is 3.08. The summed E-state index contributed by atoms with van der Waals surface area (Å²) in [7, 11) is -5.23. The Morgan fingerprint density at radius 2 is 1.46 bits per heavy atom. The minimum Gasteiger partial charge on any atom is -0.395 e. The molecule has 0 radical (unpaired) electrons. The Hall–Kier alpha value is -1.54. The molecule has 0 saturated carbocycles. The fourth-order valence-corrected chi connectivity index (χ4v) is 3.24. The Bertz CT molecular complexity index is 711. The van der Waals surface area contributed by atoms with Gasteiger partial charge in [-0.2, -0.15) is 39.5 Å². The van der Waals surface area contributed by atoms with Crippen LogP contribution >= 0.6 is 0 Å². The van der Waals surface area contributed by atoms with E-state index < -0.39 is 57.6 Å². The Labute approximate surface area is 140 Å². The molecule has 1 atom stereocenters. The third-order valence-corrected chi connectivity index (χ3v) is 4.57. The van der Waals surface area contributed by atoms with Crippen molar-refractivity contribution in [2.75, 3.05) is 6.61 Å². The average Bonchev–Trinajstić information content (AvgIpc) is 2.42. The van der Waals surface area contributed by atoms with Crippen LogP contribution in [0.4, 0.5) is 39.5 Å². The van der Waals surface area contributed by atoms with E-state index >= 15 is 0 Å². The highest BCUT2D eigenvalue weighted by molar-refractivity contribution is 7.89. The smallest absolute Gasteiger partial charge is 0.395 e. The highest BCUT2D eigenvalue weighted by Crippen LogP contribution is 2.41. The Kier molecular flexibility index (Phi) is 6.26. The monoisotopic (exact) mass is 419 g/mol. The molecule has 0 amide bonds. The first-order valence-electron chi connectivity index (χ1n) is 6.44. The first kappa shape index (κ1) is 22.5. The fourth-order valence-electron chi connectivity index (χ4n) is 1.96. The summed E-state index contributed by atoms with van der Waals surface area (Å²) in [5.74, 6) is -4.26. The van der Waals surface area contributed by atoms with E-state index in [2.05, 4.69) is 0 Å². The zero-order chi connectivity index (χ0) is 20.6. The minimum atomic E-state index is -5.97. The number of benzene rings is 1. The van der Waals surface area contributed by atoms with Crippen molar-refractivity contribution in [3.63, 3.8) is 0 Å². The lowest BCUT2D eigenvalue weighted by atomic mass is 10.00. The van der Waals surface area contributed by atoms with Crippen molar-refractivity contribution in [2.45, 2.75) is 29.5 Å². The number of aliphatic hydroxyl groups excluding tert-OH is 1. The summed E-state index contributed by atoms with van der Waals surface area (Å²) < 4.78 is 138. The van der Waals surface area contributed by atoms with Crippen molar-refractivity contribution >= 4 is 10.0 Å². The molecular formula is C12H10F9NO3S. The summed E-state index contributed by atoms with van der Waals surface area (Å²) in [4.78, 5) is -1.21. The maximum absolute atomic E-state index is 12.6. The zero-order valence-electron chi connectivity index (χ0n) is 12.2. The first-order chi connectivity index (χ1) is 11.5. The highest BCUT2D eigenvalue weighted by atomic mass is 32.2. The molecule has 0 bridgehead atoms. The van der Waals surface area contributed by atoms with Crippen LogP contribution in [0.1, 0.15) is 5.56 Å². The van der Waals surface area contributed by atoms with Crippen molar-refractivity contribution in [2.24, 2.45) is 5.92 Å². The summed E-state index contributed by atoms with van der Waals surface area (Å²) in [5.41, 5.74) is -1.48. The summed E-state index contributed by atoms with van der Waals surface area (Å²) in [6.07, 6.45) is -16.9. The predicted octanol–water partition coefficient (Wildman–Crippen LogP) is 3.09. The molecule has 0 heterocycles. The van der Waals surface area contributed by atoms with Crippen LogP contribution < -0.4 is 4.72 Å². The number of nitrogens with one attached hydrogen (secondary N) is 1. The van der Waals surface area contributed by atoms with Gasteiger partial charge in [-0.15, -0.1) is 0 Å². The average molecular weight is 419 g/mol. The van der Waals surface area contributed by atoms with E-state index in [1.165, 1.54) is 0 Å². The highest BCUT2D eigenvalue weighted by Gasteiger charge is 2.60. The minimum absolute atomic E-state index is 0.0347. The van der Waals surface area contributed by atoms with Crippen molar-refractivity contribution < 1.29 is 53.0 Å². The molecule has 14 heteroatoms. The van der Waals surface area contributed by atoms with Gasteiger partial charge in [0.05, 0.1) is 23.1 Å². The second-order valence-electron chi connectivity index (χ2n) is 5.00. The van der Waals surface area contributed by atoms with Crippen LogP contribution in [0.15, 0.2) is 29.2 Å². The maximum Gasteiger partial charge on any atom is 0.416 e. The van der Waals surface area contributed by atoms with Crippen molar-refractivity contribution in [3.05, 3.63) is 29.8 Å². The Balaban J connectivity index is 3.29. The van der Waals surface area contributed by atoms with Gasteiger partial charge in [0.15, 0.2) is 5.92 Å². The first-order valence-corrected chi connectivity index (χ1v) is 7.92. The molecule has 4 nitrogen and oxygen atoms in total. The summed E-state index contributed by atoms with van der Waals surface area (Å²) >= 11 is 0. The molecule has 0 aliphatic heterocycles. The second kappa shape index (κ2) is 7.23. The van der Waals surface area contributed by atoms with Crippen LogP contribution in [0.25, 0.3) is 0 Å². The van der Waals surface area contributed by atoms with Crippen molar-refractivity contribution in [1.82, 2.24) is 4.72 Å². The number of halogens is 9. The quantitative estimate of drug-likeness (QED) is 0.722. The molecule has 0 aliphatic carbocycles. The van der Waals surface area contributed by atoms with Crippen LogP contribution in [0.3, 0.4) is 0 Å². The molecule has 0 spiro atoms. The van der Waals surface area contributed by atoms with Gasteiger partial charge in [0.2, 0.25) is 10.0 Å². The van der Waals surface area contributed by atoms with Gasteiger partial charge in [-0.1, -0.05) is 6.07 Å². The summed E-state index contributed by atoms with van der Waals surface area (Å²) in [6.45, 7) is -1.90. The van der Waals surface area contributed by atoms with Gasteiger partial charge in [-0.25, -0.2) is 13.1 Å². The molecule has 1 unspecified atom stereocenters. The lowest BCUT2D eigenvalue weighted by Crippen LogP contribution is -2.54. The number of rotatable bonds is 5. The number of hydrogen-bond acceptors (Lipinski definition) is 3. The van der Waals surface area contributed by atoms with E-state index in [4.69, 9.17) is 5.11 Å².